The third-order valence-corrected chi connectivity index (χ3v) is 4.15. The molecule has 1 saturated heterocycles. The lowest BCUT2D eigenvalue weighted by Crippen LogP contribution is -2.52. The number of hydrogen-bond acceptors (Lipinski definition) is 3. The standard InChI is InChI=1S/C17H34N2O/c1-4-7-8-9-10-11-16(18-12-5-2)17-15-19(6-3)13-14-20-17/h4,16-18H,1,5-15H2,2-3H3. The molecule has 0 aliphatic carbocycles. The molecule has 0 saturated carbocycles. The summed E-state index contributed by atoms with van der Waals surface area (Å²) in [6, 6.07) is 0.521. The molecule has 2 atom stereocenters. The molecule has 0 spiro atoms. The van der Waals surface area contributed by atoms with E-state index in [1.165, 1.54) is 32.1 Å². The van der Waals surface area contributed by atoms with Gasteiger partial charge in [-0.15, -0.1) is 6.58 Å². The quantitative estimate of drug-likeness (QED) is 0.465. The molecule has 1 rings (SSSR count). The van der Waals surface area contributed by atoms with Crippen LogP contribution in [0.3, 0.4) is 0 Å². The van der Waals surface area contributed by atoms with Crippen molar-refractivity contribution in [1.82, 2.24) is 10.2 Å². The normalized spacial score (nSPS) is 21.8. The molecule has 0 bridgehead atoms. The smallest absolute Gasteiger partial charge is 0.0855 e. The van der Waals surface area contributed by atoms with Crippen LogP contribution in [0.25, 0.3) is 0 Å². The summed E-state index contributed by atoms with van der Waals surface area (Å²) in [6.07, 6.45) is 9.84. The van der Waals surface area contributed by atoms with E-state index < -0.39 is 0 Å². The molecular weight excluding hydrogens is 248 g/mol. The molecule has 1 heterocycles. The van der Waals surface area contributed by atoms with E-state index in [4.69, 9.17) is 4.74 Å². The summed E-state index contributed by atoms with van der Waals surface area (Å²) in [7, 11) is 0. The highest BCUT2D eigenvalue weighted by atomic mass is 16.5. The van der Waals surface area contributed by atoms with Crippen LogP contribution in [0.1, 0.15) is 52.4 Å². The average Bonchev–Trinajstić information content (AvgIpc) is 2.50. The second-order valence-corrected chi connectivity index (χ2v) is 5.79. The molecule has 1 N–H and O–H groups in total. The maximum absolute atomic E-state index is 6.03. The van der Waals surface area contributed by atoms with Crippen molar-refractivity contribution in [2.75, 3.05) is 32.8 Å². The van der Waals surface area contributed by atoms with E-state index in [1.807, 2.05) is 6.08 Å². The van der Waals surface area contributed by atoms with Gasteiger partial charge >= 0.3 is 0 Å². The summed E-state index contributed by atoms with van der Waals surface area (Å²) in [5.74, 6) is 0. The molecule has 0 amide bonds. The number of unbranched alkanes of at least 4 members (excludes halogenated alkanes) is 3. The zero-order chi connectivity index (χ0) is 14.6. The SMILES string of the molecule is C=CCCCCCC(NCCC)C1CN(CC)CCO1. The van der Waals surface area contributed by atoms with Gasteiger partial charge in [-0.25, -0.2) is 0 Å². The van der Waals surface area contributed by atoms with E-state index in [-0.39, 0.29) is 0 Å². The van der Waals surface area contributed by atoms with Crippen LogP contribution in [0.4, 0.5) is 0 Å². The summed E-state index contributed by atoms with van der Waals surface area (Å²) in [6.45, 7) is 13.6. The van der Waals surface area contributed by atoms with Crippen molar-refractivity contribution in [3.8, 4) is 0 Å². The maximum Gasteiger partial charge on any atom is 0.0855 e. The van der Waals surface area contributed by atoms with Gasteiger partial charge in [-0.3, -0.25) is 4.90 Å². The van der Waals surface area contributed by atoms with Crippen molar-refractivity contribution in [3.63, 3.8) is 0 Å². The number of ether oxygens (including phenoxy) is 1. The number of nitrogens with zero attached hydrogens (tertiary/aromatic N) is 1. The first-order chi connectivity index (χ1) is 9.81. The third-order valence-electron chi connectivity index (χ3n) is 4.15. The van der Waals surface area contributed by atoms with Crippen molar-refractivity contribution >= 4 is 0 Å². The largest absolute Gasteiger partial charge is 0.374 e. The molecule has 0 aromatic heterocycles. The molecule has 20 heavy (non-hydrogen) atoms. The van der Waals surface area contributed by atoms with Crippen LogP contribution in [-0.4, -0.2) is 49.8 Å². The van der Waals surface area contributed by atoms with Crippen LogP contribution in [-0.2, 0) is 4.74 Å². The van der Waals surface area contributed by atoms with Crippen LogP contribution in [0.2, 0.25) is 0 Å². The van der Waals surface area contributed by atoms with Gasteiger partial charge in [0.1, 0.15) is 0 Å². The number of likely N-dealkylation sites (N-methyl/N-ethyl adjacent to an activating group) is 1. The molecule has 1 aliphatic rings. The van der Waals surface area contributed by atoms with Crippen molar-refractivity contribution < 1.29 is 4.74 Å². The molecule has 0 radical (unpaired) electrons. The van der Waals surface area contributed by atoms with Gasteiger partial charge < -0.3 is 10.1 Å². The zero-order valence-corrected chi connectivity index (χ0v) is 13.6. The Hall–Kier alpha value is -0.380. The summed E-state index contributed by atoms with van der Waals surface area (Å²) in [4.78, 5) is 2.51. The van der Waals surface area contributed by atoms with E-state index in [0.717, 1.165) is 39.2 Å². The lowest BCUT2D eigenvalue weighted by molar-refractivity contribution is -0.0464. The Labute approximate surface area is 125 Å². The second-order valence-electron chi connectivity index (χ2n) is 5.79. The molecule has 3 heteroatoms. The molecule has 1 fully saturated rings. The fourth-order valence-corrected chi connectivity index (χ4v) is 2.84. The minimum atomic E-state index is 0.370. The fraction of sp³-hybridized carbons (Fsp3) is 0.882. The molecular formula is C17H34N2O. The first kappa shape index (κ1) is 17.7. The van der Waals surface area contributed by atoms with Gasteiger partial charge in [-0.2, -0.15) is 0 Å². The highest BCUT2D eigenvalue weighted by Gasteiger charge is 2.26. The molecule has 118 valence electrons. The van der Waals surface area contributed by atoms with Crippen molar-refractivity contribution in [3.05, 3.63) is 12.7 Å². The minimum Gasteiger partial charge on any atom is -0.374 e. The van der Waals surface area contributed by atoms with Crippen LogP contribution in [0.5, 0.6) is 0 Å². The monoisotopic (exact) mass is 282 g/mol. The summed E-state index contributed by atoms with van der Waals surface area (Å²) in [5.41, 5.74) is 0. The van der Waals surface area contributed by atoms with Crippen LogP contribution < -0.4 is 5.32 Å². The Morgan fingerprint density at radius 3 is 2.90 bits per heavy atom. The molecule has 1 aliphatic heterocycles. The van der Waals surface area contributed by atoms with Crippen molar-refractivity contribution in [2.24, 2.45) is 0 Å². The number of hydrogen-bond donors (Lipinski definition) is 1. The van der Waals surface area contributed by atoms with E-state index >= 15 is 0 Å². The predicted molar refractivity (Wildman–Crippen MR) is 87.2 cm³/mol. The van der Waals surface area contributed by atoms with E-state index in [9.17, 15) is 0 Å². The van der Waals surface area contributed by atoms with Crippen LogP contribution in [0, 0.1) is 0 Å². The lowest BCUT2D eigenvalue weighted by Gasteiger charge is -2.37. The maximum atomic E-state index is 6.03. The van der Waals surface area contributed by atoms with E-state index in [0.29, 0.717) is 12.1 Å². The van der Waals surface area contributed by atoms with Gasteiger partial charge in [0.2, 0.25) is 0 Å². The average molecular weight is 282 g/mol. The number of morpholine rings is 1. The predicted octanol–water partition coefficient (Wildman–Crippen LogP) is 3.21. The fourth-order valence-electron chi connectivity index (χ4n) is 2.84. The van der Waals surface area contributed by atoms with E-state index in [2.05, 4.69) is 30.6 Å². The Bertz CT molecular complexity index is 245. The lowest BCUT2D eigenvalue weighted by atomic mass is 10.0. The van der Waals surface area contributed by atoms with Gasteiger partial charge in [0.05, 0.1) is 12.7 Å². The summed E-state index contributed by atoms with van der Waals surface area (Å²) >= 11 is 0. The second kappa shape index (κ2) is 11.3. The van der Waals surface area contributed by atoms with E-state index in [1.54, 1.807) is 0 Å². The summed E-state index contributed by atoms with van der Waals surface area (Å²) < 4.78 is 6.03. The first-order valence-electron chi connectivity index (χ1n) is 8.50. The van der Waals surface area contributed by atoms with Gasteiger partial charge in [-0.1, -0.05) is 32.8 Å². The molecule has 3 nitrogen and oxygen atoms in total. The van der Waals surface area contributed by atoms with Crippen LogP contribution in [0.15, 0.2) is 12.7 Å². The number of rotatable bonds is 11. The van der Waals surface area contributed by atoms with Crippen molar-refractivity contribution in [2.45, 2.75) is 64.5 Å². The number of allylic oxidation sites excluding steroid dienone is 1. The van der Waals surface area contributed by atoms with Crippen molar-refractivity contribution in [1.29, 1.82) is 0 Å². The molecule has 0 aromatic carbocycles. The summed E-state index contributed by atoms with van der Waals surface area (Å²) in [5, 5.41) is 3.70. The topological polar surface area (TPSA) is 24.5 Å². The Morgan fingerprint density at radius 2 is 2.20 bits per heavy atom. The third kappa shape index (κ3) is 6.87. The number of nitrogens with one attached hydrogen (secondary N) is 1. The Morgan fingerprint density at radius 1 is 1.35 bits per heavy atom. The Kier molecular flexibility index (Phi) is 9.98. The van der Waals surface area contributed by atoms with Crippen LogP contribution >= 0.6 is 0 Å². The molecule has 0 aromatic rings. The highest BCUT2D eigenvalue weighted by molar-refractivity contribution is 4.83. The zero-order valence-electron chi connectivity index (χ0n) is 13.6. The van der Waals surface area contributed by atoms with Gasteiger partial charge in [0.25, 0.3) is 0 Å². The van der Waals surface area contributed by atoms with Gasteiger partial charge in [0, 0.05) is 19.1 Å². The van der Waals surface area contributed by atoms with Gasteiger partial charge in [0.15, 0.2) is 0 Å². The molecule has 2 unspecified atom stereocenters. The Balaban J connectivity index is 2.35. The van der Waals surface area contributed by atoms with Gasteiger partial charge in [-0.05, 0) is 38.8 Å². The highest BCUT2D eigenvalue weighted by Crippen LogP contribution is 2.15. The minimum absolute atomic E-state index is 0.370. The first-order valence-corrected chi connectivity index (χ1v) is 8.50.